The Morgan fingerprint density at radius 2 is 2.07 bits per heavy atom. The van der Waals surface area contributed by atoms with Gasteiger partial charge in [-0.1, -0.05) is 36.9 Å². The van der Waals surface area contributed by atoms with Gasteiger partial charge in [0, 0.05) is 25.1 Å². The molecule has 1 aromatic carbocycles. The molecule has 2 atom stereocenters. The molecule has 2 amide bonds. The van der Waals surface area contributed by atoms with Gasteiger partial charge in [0.1, 0.15) is 10.6 Å². The van der Waals surface area contributed by atoms with Gasteiger partial charge in [0.05, 0.1) is 6.04 Å². The summed E-state index contributed by atoms with van der Waals surface area (Å²) in [7, 11) is 0. The Morgan fingerprint density at radius 1 is 1.39 bits per heavy atom. The van der Waals surface area contributed by atoms with E-state index in [4.69, 9.17) is 0 Å². The van der Waals surface area contributed by atoms with Crippen molar-refractivity contribution in [3.8, 4) is 0 Å². The molecule has 3 rings (SSSR count). The van der Waals surface area contributed by atoms with Crippen molar-refractivity contribution in [2.75, 3.05) is 13.1 Å². The van der Waals surface area contributed by atoms with Gasteiger partial charge >= 0.3 is 0 Å². The Bertz CT molecular complexity index is 777. The second kappa shape index (κ2) is 8.64. The molecule has 1 fully saturated rings. The molecule has 0 saturated carbocycles. The Kier molecular flexibility index (Phi) is 6.43. The molecule has 0 spiro atoms. The molecule has 0 radical (unpaired) electrons. The second-order valence-electron chi connectivity index (χ2n) is 7.82. The number of aliphatic imine (C=N–C) groups is 1. The number of thioether (sulfide) groups is 1. The first-order chi connectivity index (χ1) is 13.3. The van der Waals surface area contributed by atoms with Crippen LogP contribution in [0.25, 0.3) is 0 Å². The predicted octanol–water partition coefficient (Wildman–Crippen LogP) is 3.90. The molecule has 152 valence electrons. The minimum absolute atomic E-state index is 0.132. The Balaban J connectivity index is 1.56. The predicted molar refractivity (Wildman–Crippen MR) is 111 cm³/mol. The van der Waals surface area contributed by atoms with E-state index in [0.717, 1.165) is 32.4 Å². The average Bonchev–Trinajstić information content (AvgIpc) is 2.94. The number of nitrogens with one attached hydrogen (secondary N) is 1. The van der Waals surface area contributed by atoms with Crippen LogP contribution >= 0.6 is 11.8 Å². The fraction of sp³-hybridized carbons (Fsp3) is 0.571. The van der Waals surface area contributed by atoms with Crippen LogP contribution in [0.1, 0.15) is 58.1 Å². The third-order valence-electron chi connectivity index (χ3n) is 5.64. The van der Waals surface area contributed by atoms with Gasteiger partial charge in [0.2, 0.25) is 5.91 Å². The summed E-state index contributed by atoms with van der Waals surface area (Å²) >= 11 is 1.44. The zero-order valence-corrected chi connectivity index (χ0v) is 17.5. The number of likely N-dealkylation sites (tertiary alicyclic amines) is 1. The molecule has 1 unspecified atom stereocenters. The number of piperidine rings is 1. The van der Waals surface area contributed by atoms with Crippen molar-refractivity contribution in [3.05, 3.63) is 35.6 Å². The number of benzene rings is 1. The Labute approximate surface area is 170 Å². The fourth-order valence-corrected chi connectivity index (χ4v) is 5.17. The smallest absolute Gasteiger partial charge is 0.264 e. The van der Waals surface area contributed by atoms with Crippen molar-refractivity contribution < 1.29 is 14.0 Å². The number of halogens is 1. The van der Waals surface area contributed by atoms with Crippen molar-refractivity contribution in [3.63, 3.8) is 0 Å². The lowest BCUT2D eigenvalue weighted by atomic mass is 9.87. The zero-order chi connectivity index (χ0) is 20.3. The highest BCUT2D eigenvalue weighted by molar-refractivity contribution is 8.16. The molecular formula is C21H28FN3O2S. The molecule has 1 N–H and O–H groups in total. The largest absolute Gasteiger partial charge is 0.358 e. The molecule has 0 bridgehead atoms. The van der Waals surface area contributed by atoms with Crippen LogP contribution < -0.4 is 5.32 Å². The number of carbonyl (C=O) groups is 2. The third-order valence-corrected chi connectivity index (χ3v) is 6.83. The lowest BCUT2D eigenvalue weighted by Gasteiger charge is -2.34. The van der Waals surface area contributed by atoms with Gasteiger partial charge in [-0.15, -0.1) is 0 Å². The van der Waals surface area contributed by atoms with E-state index in [1.165, 1.54) is 17.8 Å². The first-order valence-electron chi connectivity index (χ1n) is 9.93. The van der Waals surface area contributed by atoms with Crippen molar-refractivity contribution in [2.24, 2.45) is 10.9 Å². The van der Waals surface area contributed by atoms with Gasteiger partial charge < -0.3 is 10.2 Å². The third kappa shape index (κ3) is 4.57. The van der Waals surface area contributed by atoms with Gasteiger partial charge in [0.25, 0.3) is 5.91 Å². The standard InChI is InChI=1S/C21H28FN3O2S/c1-4-18(26)25-11-9-15(10-12-25)13-21(3)19(27)24-20(28-21)23-14(2)16-7-5-6-8-17(16)22/h5-8,14-15H,4,9-13H2,1-3H3,(H,23,24,27)/t14-,21?/m0/s1. The number of amidine groups is 1. The van der Waals surface area contributed by atoms with E-state index < -0.39 is 4.75 Å². The van der Waals surface area contributed by atoms with Crippen LogP contribution in [0.5, 0.6) is 0 Å². The minimum atomic E-state index is -0.598. The molecule has 7 heteroatoms. The summed E-state index contributed by atoms with van der Waals surface area (Å²) in [4.78, 5) is 30.6. The summed E-state index contributed by atoms with van der Waals surface area (Å²) in [5, 5.41) is 3.74. The van der Waals surface area contributed by atoms with Crippen molar-refractivity contribution in [1.82, 2.24) is 10.2 Å². The van der Waals surface area contributed by atoms with Crippen LogP contribution in [-0.4, -0.2) is 39.7 Å². The summed E-state index contributed by atoms with van der Waals surface area (Å²) < 4.78 is 13.4. The maximum absolute atomic E-state index is 14.0. The van der Waals surface area contributed by atoms with Crippen LogP contribution in [0.2, 0.25) is 0 Å². The molecule has 0 aliphatic carbocycles. The van der Waals surface area contributed by atoms with Crippen molar-refractivity contribution >= 4 is 28.7 Å². The molecule has 1 saturated heterocycles. The van der Waals surface area contributed by atoms with Crippen LogP contribution in [0.15, 0.2) is 29.3 Å². The van der Waals surface area contributed by atoms with E-state index >= 15 is 0 Å². The van der Waals surface area contributed by atoms with E-state index in [2.05, 4.69) is 10.3 Å². The monoisotopic (exact) mass is 405 g/mol. The van der Waals surface area contributed by atoms with Crippen LogP contribution in [0.4, 0.5) is 4.39 Å². The molecule has 2 aliphatic heterocycles. The first-order valence-corrected chi connectivity index (χ1v) is 10.7. The van der Waals surface area contributed by atoms with Gasteiger partial charge in [-0.3, -0.25) is 9.59 Å². The van der Waals surface area contributed by atoms with Gasteiger partial charge in [-0.25, -0.2) is 4.39 Å². The van der Waals surface area contributed by atoms with E-state index in [1.807, 2.05) is 25.7 Å². The number of rotatable bonds is 5. The highest BCUT2D eigenvalue weighted by atomic mass is 32.2. The van der Waals surface area contributed by atoms with Crippen LogP contribution in [0, 0.1) is 11.7 Å². The molecule has 2 heterocycles. The maximum Gasteiger partial charge on any atom is 0.264 e. The topological polar surface area (TPSA) is 61.8 Å². The normalized spacial score (nSPS) is 24.2. The summed E-state index contributed by atoms with van der Waals surface area (Å²) in [6.07, 6.45) is 3.13. The lowest BCUT2D eigenvalue weighted by molar-refractivity contribution is -0.132. The van der Waals surface area contributed by atoms with Crippen LogP contribution in [-0.2, 0) is 9.59 Å². The molecule has 28 heavy (non-hydrogen) atoms. The summed E-state index contributed by atoms with van der Waals surface area (Å²) in [5.74, 6) is 0.204. The fourth-order valence-electron chi connectivity index (χ4n) is 3.93. The quantitative estimate of drug-likeness (QED) is 0.807. The zero-order valence-electron chi connectivity index (χ0n) is 16.7. The maximum atomic E-state index is 14.0. The first kappa shape index (κ1) is 20.8. The van der Waals surface area contributed by atoms with Crippen LogP contribution in [0.3, 0.4) is 0 Å². The van der Waals surface area contributed by atoms with E-state index in [-0.39, 0.29) is 23.7 Å². The van der Waals surface area contributed by atoms with Gasteiger partial charge in [-0.2, -0.15) is 4.99 Å². The Morgan fingerprint density at radius 3 is 2.71 bits per heavy atom. The van der Waals surface area contributed by atoms with Crippen molar-refractivity contribution in [1.29, 1.82) is 0 Å². The molecule has 2 aliphatic rings. The number of amides is 2. The highest BCUT2D eigenvalue weighted by Crippen LogP contribution is 2.41. The SMILES string of the molecule is CCC(=O)N1CCC(CC2(C)SC(N[C@@H](C)c3ccccc3F)=NC2=O)CC1. The molecule has 1 aromatic rings. The minimum Gasteiger partial charge on any atom is -0.358 e. The van der Waals surface area contributed by atoms with E-state index in [1.54, 1.807) is 18.2 Å². The molecular weight excluding hydrogens is 377 g/mol. The number of carbonyl (C=O) groups excluding carboxylic acids is 2. The number of hydrogen-bond acceptors (Lipinski definition) is 4. The van der Waals surface area contributed by atoms with Gasteiger partial charge in [0.15, 0.2) is 5.17 Å². The number of hydrogen-bond donors (Lipinski definition) is 1. The lowest BCUT2D eigenvalue weighted by Crippen LogP contribution is -2.40. The highest BCUT2D eigenvalue weighted by Gasteiger charge is 2.43. The van der Waals surface area contributed by atoms with E-state index in [0.29, 0.717) is 23.1 Å². The average molecular weight is 406 g/mol. The summed E-state index contributed by atoms with van der Waals surface area (Å²) in [5.41, 5.74) is 0.555. The summed E-state index contributed by atoms with van der Waals surface area (Å²) in [6, 6.07) is 6.35. The van der Waals surface area contributed by atoms with E-state index in [9.17, 15) is 14.0 Å². The van der Waals surface area contributed by atoms with Crippen molar-refractivity contribution in [2.45, 2.75) is 57.2 Å². The number of nitrogens with zero attached hydrogens (tertiary/aromatic N) is 2. The Hall–Kier alpha value is -1.89. The summed E-state index contributed by atoms with van der Waals surface area (Å²) in [6.45, 7) is 7.22. The molecule has 0 aromatic heterocycles. The molecule has 5 nitrogen and oxygen atoms in total. The second-order valence-corrected chi connectivity index (χ2v) is 9.32. The van der Waals surface area contributed by atoms with Gasteiger partial charge in [-0.05, 0) is 45.1 Å².